The minimum Gasteiger partial charge on any atom is -0.385 e. The molecule has 10 heteroatoms. The zero-order chi connectivity index (χ0) is 28.1. The number of ether oxygens (including phenoxy) is 1. The lowest BCUT2D eigenvalue weighted by Gasteiger charge is -2.23. The maximum atomic E-state index is 15.3. The van der Waals surface area contributed by atoms with Gasteiger partial charge in [-0.05, 0) is 36.8 Å². The molecule has 1 atom stereocenters. The van der Waals surface area contributed by atoms with E-state index in [4.69, 9.17) is 9.84 Å². The number of aromatic nitrogens is 2. The molecule has 4 aromatic rings. The van der Waals surface area contributed by atoms with E-state index < -0.39 is 16.9 Å². The average Bonchev–Trinajstić information content (AvgIpc) is 3.29. The second-order valence-electron chi connectivity index (χ2n) is 9.23. The Bertz CT molecular complexity index is 1490. The number of carbonyl (C=O) groups excluding carboxylic acids is 2. The summed E-state index contributed by atoms with van der Waals surface area (Å²) < 4.78 is 35.7. The summed E-state index contributed by atoms with van der Waals surface area (Å²) in [5, 5.41) is 7.14. The number of methoxy groups -OCH3 is 1. The fraction of sp³-hybridized carbons (Fsp3) is 0.233. The third kappa shape index (κ3) is 5.78. The Balaban J connectivity index is 1.71. The molecule has 0 saturated carbocycles. The Labute approximate surface area is 235 Å². The van der Waals surface area contributed by atoms with Crippen LogP contribution in [0.5, 0.6) is 0 Å². The largest absolute Gasteiger partial charge is 0.385 e. The second kappa shape index (κ2) is 12.4. The van der Waals surface area contributed by atoms with E-state index in [0.717, 1.165) is 5.56 Å². The van der Waals surface area contributed by atoms with Crippen LogP contribution in [0.3, 0.4) is 0 Å². The third-order valence-corrected chi connectivity index (χ3v) is 7.78. The quantitative estimate of drug-likeness (QED) is 0.286. The highest BCUT2D eigenvalue weighted by molar-refractivity contribution is 8.00. The van der Waals surface area contributed by atoms with E-state index in [1.807, 2.05) is 30.3 Å². The lowest BCUT2D eigenvalue weighted by atomic mass is 9.99. The molecular formula is C30H28F2N4O3S. The van der Waals surface area contributed by atoms with E-state index in [0.29, 0.717) is 47.9 Å². The number of carbonyl (C=O) groups is 2. The smallest absolute Gasteiger partial charge is 0.240 e. The van der Waals surface area contributed by atoms with Gasteiger partial charge in [-0.25, -0.2) is 13.5 Å². The Morgan fingerprint density at radius 2 is 1.77 bits per heavy atom. The second-order valence-corrected chi connectivity index (χ2v) is 10.3. The van der Waals surface area contributed by atoms with Gasteiger partial charge >= 0.3 is 0 Å². The highest BCUT2D eigenvalue weighted by atomic mass is 32.2. The number of nitrogens with one attached hydrogen (secondary N) is 1. The van der Waals surface area contributed by atoms with Crippen LogP contribution >= 0.6 is 11.8 Å². The number of nitrogens with zero attached hydrogens (tertiary/aromatic N) is 3. The number of amides is 2. The molecule has 40 heavy (non-hydrogen) atoms. The fourth-order valence-electron chi connectivity index (χ4n) is 4.67. The molecule has 0 saturated heterocycles. The molecule has 0 aliphatic carbocycles. The van der Waals surface area contributed by atoms with Crippen molar-refractivity contribution in [2.75, 3.05) is 37.5 Å². The van der Waals surface area contributed by atoms with Crippen LogP contribution in [0.4, 0.5) is 14.6 Å². The number of hydrogen-bond donors (Lipinski definition) is 1. The first kappa shape index (κ1) is 27.5. The number of rotatable bonds is 9. The molecule has 5 rings (SSSR count). The summed E-state index contributed by atoms with van der Waals surface area (Å²) in [4.78, 5) is 28.1. The van der Waals surface area contributed by atoms with Crippen LogP contribution in [0.2, 0.25) is 0 Å². The van der Waals surface area contributed by atoms with Gasteiger partial charge in [0, 0.05) is 37.0 Å². The van der Waals surface area contributed by atoms with Crippen molar-refractivity contribution in [1.29, 1.82) is 0 Å². The van der Waals surface area contributed by atoms with Gasteiger partial charge in [0.1, 0.15) is 24.0 Å². The number of hydrogen-bond acceptors (Lipinski definition) is 5. The van der Waals surface area contributed by atoms with Gasteiger partial charge in [-0.2, -0.15) is 5.10 Å². The average molecular weight is 563 g/mol. The van der Waals surface area contributed by atoms with Gasteiger partial charge in [0.05, 0.1) is 22.4 Å². The first-order chi connectivity index (χ1) is 19.5. The SMILES string of the molecule is COCCCNC(=O)CN1C(=O)CSC(c2ccccc2F)c2c(-c3ccccc3)nn(-c3ccc(F)cc3)c21. The predicted molar refractivity (Wildman–Crippen MR) is 152 cm³/mol. The van der Waals surface area contributed by atoms with E-state index >= 15 is 4.39 Å². The van der Waals surface area contributed by atoms with Gasteiger partial charge < -0.3 is 10.1 Å². The van der Waals surface area contributed by atoms with Crippen molar-refractivity contribution in [3.05, 3.63) is 102 Å². The van der Waals surface area contributed by atoms with Crippen molar-refractivity contribution in [1.82, 2.24) is 15.1 Å². The molecule has 0 bridgehead atoms. The van der Waals surface area contributed by atoms with Crippen molar-refractivity contribution in [2.24, 2.45) is 0 Å². The van der Waals surface area contributed by atoms with Gasteiger partial charge in [-0.3, -0.25) is 14.5 Å². The van der Waals surface area contributed by atoms with Crippen molar-refractivity contribution < 1.29 is 23.1 Å². The van der Waals surface area contributed by atoms with Gasteiger partial charge in [-0.1, -0.05) is 48.5 Å². The van der Waals surface area contributed by atoms with Gasteiger partial charge in [-0.15, -0.1) is 11.8 Å². The van der Waals surface area contributed by atoms with Crippen LogP contribution in [0.1, 0.15) is 22.8 Å². The summed E-state index contributed by atoms with van der Waals surface area (Å²) in [5.41, 5.74) is 2.81. The Morgan fingerprint density at radius 1 is 1.05 bits per heavy atom. The van der Waals surface area contributed by atoms with Crippen LogP contribution in [-0.4, -0.2) is 54.2 Å². The molecule has 0 fully saturated rings. The molecule has 2 heterocycles. The summed E-state index contributed by atoms with van der Waals surface area (Å²) in [5.74, 6) is -1.13. The predicted octanol–water partition coefficient (Wildman–Crippen LogP) is 5.14. The van der Waals surface area contributed by atoms with Gasteiger partial charge in [0.2, 0.25) is 11.8 Å². The maximum Gasteiger partial charge on any atom is 0.240 e. The molecule has 0 spiro atoms. The Kier molecular flexibility index (Phi) is 8.57. The standard InChI is InChI=1S/C30H28F2N4O3S/c1-39-17-7-16-33-25(37)18-35-26(38)19-40-29(23-10-5-6-11-24(23)32)27-28(20-8-3-2-4-9-20)34-36(30(27)35)22-14-12-21(31)13-15-22/h2-6,8-15,29H,7,16-19H2,1H3,(H,33,37). The third-order valence-electron chi connectivity index (χ3n) is 6.54. The number of fused-ring (bicyclic) bond motifs is 1. The Morgan fingerprint density at radius 3 is 2.50 bits per heavy atom. The molecule has 2 amide bonds. The van der Waals surface area contributed by atoms with Gasteiger partial charge in [0.25, 0.3) is 0 Å². The molecule has 1 unspecified atom stereocenters. The molecule has 3 aromatic carbocycles. The minimum absolute atomic E-state index is 0.0162. The van der Waals surface area contributed by atoms with E-state index in [-0.39, 0.29) is 24.1 Å². The van der Waals surface area contributed by atoms with Gasteiger partial charge in [0.15, 0.2) is 0 Å². The molecule has 1 N–H and O–H groups in total. The number of benzene rings is 3. The van der Waals surface area contributed by atoms with Crippen molar-refractivity contribution in [3.63, 3.8) is 0 Å². The molecule has 1 aromatic heterocycles. The van der Waals surface area contributed by atoms with E-state index in [1.54, 1.807) is 42.1 Å². The molecule has 1 aliphatic rings. The summed E-state index contributed by atoms with van der Waals surface area (Å²) in [7, 11) is 1.59. The van der Waals surface area contributed by atoms with E-state index in [2.05, 4.69) is 5.32 Å². The topological polar surface area (TPSA) is 76.5 Å². The summed E-state index contributed by atoms with van der Waals surface area (Å²) in [6.45, 7) is 0.622. The van der Waals surface area contributed by atoms with E-state index in [9.17, 15) is 14.0 Å². The first-order valence-electron chi connectivity index (χ1n) is 12.8. The number of thioether (sulfide) groups is 1. The van der Waals surface area contributed by atoms with Crippen LogP contribution < -0.4 is 10.2 Å². The van der Waals surface area contributed by atoms with Crippen molar-refractivity contribution >= 4 is 29.4 Å². The molecule has 1 aliphatic heterocycles. The number of halogens is 2. The zero-order valence-electron chi connectivity index (χ0n) is 21.8. The highest BCUT2D eigenvalue weighted by Gasteiger charge is 2.38. The van der Waals surface area contributed by atoms with Crippen molar-refractivity contribution in [2.45, 2.75) is 11.7 Å². The van der Waals surface area contributed by atoms with E-state index in [1.165, 1.54) is 34.9 Å². The molecule has 7 nitrogen and oxygen atoms in total. The zero-order valence-corrected chi connectivity index (χ0v) is 22.7. The summed E-state index contributed by atoms with van der Waals surface area (Å²) in [6, 6.07) is 21.6. The highest BCUT2D eigenvalue weighted by Crippen LogP contribution is 2.49. The summed E-state index contributed by atoms with van der Waals surface area (Å²) in [6.07, 6.45) is 0.623. The Hall–Kier alpha value is -4.02. The maximum absolute atomic E-state index is 15.3. The monoisotopic (exact) mass is 562 g/mol. The first-order valence-corrected chi connectivity index (χ1v) is 13.9. The molecule has 206 valence electrons. The molecule has 0 radical (unpaired) electrons. The minimum atomic E-state index is -0.598. The van der Waals surface area contributed by atoms with Crippen LogP contribution in [0.15, 0.2) is 78.9 Å². The molecular weight excluding hydrogens is 534 g/mol. The van der Waals surface area contributed by atoms with Crippen LogP contribution in [-0.2, 0) is 14.3 Å². The number of anilines is 1. The summed E-state index contributed by atoms with van der Waals surface area (Å²) >= 11 is 1.28. The fourth-order valence-corrected chi connectivity index (χ4v) is 5.89. The van der Waals surface area contributed by atoms with Crippen LogP contribution in [0.25, 0.3) is 16.9 Å². The van der Waals surface area contributed by atoms with Crippen molar-refractivity contribution in [3.8, 4) is 16.9 Å². The lowest BCUT2D eigenvalue weighted by Crippen LogP contribution is -2.42. The lowest BCUT2D eigenvalue weighted by molar-refractivity contribution is -0.122. The normalized spacial score (nSPS) is 15.0. The van der Waals surface area contributed by atoms with Crippen LogP contribution in [0, 0.1) is 11.6 Å².